The Morgan fingerprint density at radius 3 is 2.42 bits per heavy atom. The number of benzene rings is 3. The number of nitrogens with zero attached hydrogens (tertiary/aromatic N) is 1. The number of carbonyl (C=O) groups is 1. The standard InChI is InChI=1S/C29H29BrF3N3O4/c1-19-28(17-21-7-3-5-10-25(21)30,27(38)36-34-18-22-8-2-4-9-24(22)29(31,32)33)35-26(40-19)20-11-13-23(14-12-20)39-16-6-15-37/h2-5,7-14,19,34,37H,6,15-18H2,1H3,(H,36,38)/t19-,28-/m0/s1. The molecule has 0 spiro atoms. The topological polar surface area (TPSA) is 92.2 Å². The van der Waals surface area contributed by atoms with Crippen LogP contribution in [0.1, 0.15) is 35.6 Å². The Labute approximate surface area is 238 Å². The molecule has 0 aromatic heterocycles. The highest BCUT2D eigenvalue weighted by Gasteiger charge is 2.50. The third kappa shape index (κ3) is 6.83. The van der Waals surface area contributed by atoms with Gasteiger partial charge in [-0.05, 0) is 54.4 Å². The predicted molar refractivity (Wildman–Crippen MR) is 148 cm³/mol. The molecular formula is C29H29BrF3N3O4. The van der Waals surface area contributed by atoms with Crippen molar-refractivity contribution in [1.82, 2.24) is 10.9 Å². The molecule has 0 bridgehead atoms. The van der Waals surface area contributed by atoms with E-state index in [1.54, 1.807) is 31.2 Å². The van der Waals surface area contributed by atoms with Crippen LogP contribution < -0.4 is 15.6 Å². The van der Waals surface area contributed by atoms with Crippen molar-refractivity contribution in [2.24, 2.45) is 4.99 Å². The summed E-state index contributed by atoms with van der Waals surface area (Å²) in [5.74, 6) is 0.336. The zero-order valence-corrected chi connectivity index (χ0v) is 23.3. The Morgan fingerprint density at radius 2 is 1.75 bits per heavy atom. The zero-order valence-electron chi connectivity index (χ0n) is 21.7. The number of amides is 1. The number of ether oxygens (including phenoxy) is 2. The molecule has 1 aliphatic rings. The fraction of sp³-hybridized carbons (Fsp3) is 0.310. The van der Waals surface area contributed by atoms with Crippen LogP contribution >= 0.6 is 15.9 Å². The molecule has 1 heterocycles. The van der Waals surface area contributed by atoms with Crippen LogP contribution in [0.4, 0.5) is 13.2 Å². The van der Waals surface area contributed by atoms with Gasteiger partial charge in [-0.25, -0.2) is 10.4 Å². The number of hydrogen-bond acceptors (Lipinski definition) is 6. The number of aliphatic hydroxyl groups is 1. The highest BCUT2D eigenvalue weighted by molar-refractivity contribution is 9.10. The lowest BCUT2D eigenvalue weighted by molar-refractivity contribution is -0.138. The maximum Gasteiger partial charge on any atom is 0.416 e. The number of carbonyl (C=O) groups excluding carboxylic acids is 1. The first-order valence-electron chi connectivity index (χ1n) is 12.7. The van der Waals surface area contributed by atoms with E-state index in [2.05, 4.69) is 26.8 Å². The van der Waals surface area contributed by atoms with E-state index in [9.17, 15) is 18.0 Å². The van der Waals surface area contributed by atoms with Crippen molar-refractivity contribution in [3.63, 3.8) is 0 Å². The van der Waals surface area contributed by atoms with Gasteiger partial charge >= 0.3 is 6.18 Å². The van der Waals surface area contributed by atoms with Crippen LogP contribution in [-0.4, -0.2) is 41.8 Å². The van der Waals surface area contributed by atoms with E-state index in [1.165, 1.54) is 18.2 Å². The lowest BCUT2D eigenvalue weighted by Crippen LogP contribution is -2.55. The zero-order chi connectivity index (χ0) is 28.8. The lowest BCUT2D eigenvalue weighted by Gasteiger charge is -2.28. The number of nitrogens with one attached hydrogen (secondary N) is 2. The van der Waals surface area contributed by atoms with Crippen LogP contribution in [0.3, 0.4) is 0 Å². The second kappa shape index (κ2) is 12.8. The molecule has 2 atom stereocenters. The minimum atomic E-state index is -4.52. The maximum absolute atomic E-state index is 13.7. The van der Waals surface area contributed by atoms with Crippen LogP contribution in [-0.2, 0) is 28.7 Å². The summed E-state index contributed by atoms with van der Waals surface area (Å²) >= 11 is 3.53. The SMILES string of the molecule is C[C@@H]1OC(c2ccc(OCCCO)cc2)=N[C@]1(Cc1ccccc1Br)C(=O)NNCc1ccccc1C(F)(F)F. The fourth-order valence-electron chi connectivity index (χ4n) is 4.35. The highest BCUT2D eigenvalue weighted by Crippen LogP contribution is 2.35. The predicted octanol–water partition coefficient (Wildman–Crippen LogP) is 5.20. The van der Waals surface area contributed by atoms with Gasteiger partial charge in [0, 0.05) is 36.0 Å². The van der Waals surface area contributed by atoms with Crippen LogP contribution in [0.25, 0.3) is 0 Å². The molecule has 40 heavy (non-hydrogen) atoms. The Balaban J connectivity index is 1.58. The first-order chi connectivity index (χ1) is 19.1. The van der Waals surface area contributed by atoms with Crippen molar-refractivity contribution in [1.29, 1.82) is 0 Å². The largest absolute Gasteiger partial charge is 0.494 e. The Hall–Kier alpha value is -3.41. The van der Waals surface area contributed by atoms with Gasteiger partial charge < -0.3 is 14.6 Å². The third-order valence-electron chi connectivity index (χ3n) is 6.55. The molecule has 0 fully saturated rings. The van der Waals surface area contributed by atoms with Gasteiger partial charge in [0.15, 0.2) is 5.54 Å². The van der Waals surface area contributed by atoms with E-state index >= 15 is 0 Å². The Bertz CT molecular complexity index is 1350. The van der Waals surface area contributed by atoms with E-state index in [0.717, 1.165) is 16.1 Å². The molecule has 1 amide bonds. The maximum atomic E-state index is 13.7. The van der Waals surface area contributed by atoms with Crippen molar-refractivity contribution in [2.45, 2.75) is 44.1 Å². The second-order valence-electron chi connectivity index (χ2n) is 9.28. The summed E-state index contributed by atoms with van der Waals surface area (Å²) in [7, 11) is 0. The molecule has 0 saturated heterocycles. The molecule has 3 aromatic rings. The first kappa shape index (κ1) is 29.6. The molecule has 0 unspecified atom stereocenters. The van der Waals surface area contributed by atoms with Crippen molar-refractivity contribution in [2.75, 3.05) is 13.2 Å². The number of aliphatic imine (C=N–C) groups is 1. The fourth-order valence-corrected chi connectivity index (χ4v) is 4.78. The van der Waals surface area contributed by atoms with E-state index in [4.69, 9.17) is 19.6 Å². The summed E-state index contributed by atoms with van der Waals surface area (Å²) in [6.45, 7) is 1.90. The Kier molecular flexibility index (Phi) is 9.49. The number of aliphatic hydroxyl groups excluding tert-OH is 1. The molecule has 1 aliphatic heterocycles. The van der Waals surface area contributed by atoms with Gasteiger partial charge in [0.25, 0.3) is 5.91 Å². The smallest absolute Gasteiger partial charge is 0.416 e. The number of rotatable bonds is 11. The van der Waals surface area contributed by atoms with Gasteiger partial charge in [-0.15, -0.1) is 0 Å². The second-order valence-corrected chi connectivity index (χ2v) is 10.1. The van der Waals surface area contributed by atoms with Crippen molar-refractivity contribution in [3.8, 4) is 5.75 Å². The molecule has 0 aliphatic carbocycles. The van der Waals surface area contributed by atoms with Gasteiger partial charge in [-0.2, -0.15) is 13.2 Å². The molecular weight excluding hydrogens is 591 g/mol. The average Bonchev–Trinajstić information content (AvgIpc) is 3.27. The Morgan fingerprint density at radius 1 is 1.07 bits per heavy atom. The number of hydrazine groups is 1. The quantitative estimate of drug-likeness (QED) is 0.203. The molecule has 3 aromatic carbocycles. The molecule has 11 heteroatoms. The minimum Gasteiger partial charge on any atom is -0.494 e. The molecule has 212 valence electrons. The van der Waals surface area contributed by atoms with Crippen molar-refractivity contribution in [3.05, 3.63) is 99.5 Å². The average molecular weight is 620 g/mol. The first-order valence-corrected chi connectivity index (χ1v) is 13.5. The summed E-state index contributed by atoms with van der Waals surface area (Å²) in [5.41, 5.74) is 4.48. The summed E-state index contributed by atoms with van der Waals surface area (Å²) < 4.78 is 52.7. The van der Waals surface area contributed by atoms with Gasteiger partial charge in [0.2, 0.25) is 5.90 Å². The summed E-state index contributed by atoms with van der Waals surface area (Å²) in [6, 6.07) is 19.6. The molecule has 0 saturated carbocycles. The van der Waals surface area contributed by atoms with Gasteiger partial charge in [0.1, 0.15) is 11.9 Å². The molecule has 4 rings (SSSR count). The van der Waals surface area contributed by atoms with Gasteiger partial charge in [-0.1, -0.05) is 52.3 Å². The van der Waals surface area contributed by atoms with E-state index in [-0.39, 0.29) is 31.0 Å². The van der Waals surface area contributed by atoms with E-state index < -0.39 is 29.3 Å². The normalized spacial score (nSPS) is 18.6. The van der Waals surface area contributed by atoms with Crippen LogP contribution in [0.2, 0.25) is 0 Å². The summed E-state index contributed by atoms with van der Waals surface area (Å²) in [6.07, 6.45) is -4.53. The van der Waals surface area contributed by atoms with Crippen LogP contribution in [0, 0.1) is 0 Å². The van der Waals surface area contributed by atoms with Crippen molar-refractivity contribution < 1.29 is 32.5 Å². The third-order valence-corrected chi connectivity index (χ3v) is 7.32. The molecule has 7 nitrogen and oxygen atoms in total. The summed E-state index contributed by atoms with van der Waals surface area (Å²) in [4.78, 5) is 18.5. The van der Waals surface area contributed by atoms with Crippen molar-refractivity contribution >= 4 is 27.7 Å². The number of hydrogen-bond donors (Lipinski definition) is 3. The highest BCUT2D eigenvalue weighted by atomic mass is 79.9. The number of halogens is 4. The summed E-state index contributed by atoms with van der Waals surface area (Å²) in [5, 5.41) is 8.93. The molecule has 0 radical (unpaired) electrons. The lowest BCUT2D eigenvalue weighted by atomic mass is 9.86. The van der Waals surface area contributed by atoms with Gasteiger partial charge in [0.05, 0.1) is 12.2 Å². The van der Waals surface area contributed by atoms with E-state index in [1.807, 2.05) is 24.3 Å². The number of alkyl halides is 3. The van der Waals surface area contributed by atoms with Crippen LogP contribution in [0.5, 0.6) is 5.75 Å². The van der Waals surface area contributed by atoms with E-state index in [0.29, 0.717) is 24.3 Å². The van der Waals surface area contributed by atoms with Gasteiger partial charge in [-0.3, -0.25) is 10.2 Å². The minimum absolute atomic E-state index is 0.00337. The monoisotopic (exact) mass is 619 g/mol. The van der Waals surface area contributed by atoms with Crippen LogP contribution in [0.15, 0.2) is 82.3 Å². The molecule has 3 N–H and O–H groups in total.